The minimum absolute atomic E-state index is 0.142. The first-order chi connectivity index (χ1) is 19.3. The summed E-state index contributed by atoms with van der Waals surface area (Å²) in [5.74, 6) is -0.126. The van der Waals surface area contributed by atoms with E-state index in [4.69, 9.17) is 9.47 Å². The number of nitrogens with one attached hydrogen (secondary N) is 1. The fourth-order valence-corrected chi connectivity index (χ4v) is 4.43. The monoisotopic (exact) mass is 582 g/mol. The van der Waals surface area contributed by atoms with Crippen LogP contribution in [0.1, 0.15) is 34.8 Å². The lowest BCUT2D eigenvalue weighted by Gasteiger charge is -2.22. The van der Waals surface area contributed by atoms with Gasteiger partial charge in [0.15, 0.2) is 0 Å². The molecule has 1 aliphatic rings. The minimum atomic E-state index is -4.66. The molecule has 1 aromatic heterocycles. The SMILES string of the molecule is COc1cc2c(cc1C(F)(F)F)N(C(=O)Nc1ccc(OC(CCN(C)C)c3ccc(C(F)(F)F)cc3)nc1)CC2. The molecule has 0 radical (unpaired) electrons. The van der Waals surface area contributed by atoms with Crippen LogP contribution in [-0.2, 0) is 18.8 Å². The van der Waals surface area contributed by atoms with Crippen LogP contribution < -0.4 is 19.7 Å². The van der Waals surface area contributed by atoms with Crippen LogP contribution in [0.15, 0.2) is 54.7 Å². The van der Waals surface area contributed by atoms with Crippen molar-refractivity contribution in [2.45, 2.75) is 31.3 Å². The molecule has 0 saturated carbocycles. The number of hydrogen-bond acceptors (Lipinski definition) is 5. The molecule has 1 aliphatic heterocycles. The number of nitrogens with zero attached hydrogens (tertiary/aromatic N) is 3. The number of hydrogen-bond donors (Lipinski definition) is 1. The van der Waals surface area contributed by atoms with E-state index in [1.807, 2.05) is 19.0 Å². The number of ether oxygens (including phenoxy) is 2. The fourth-order valence-electron chi connectivity index (χ4n) is 4.43. The number of fused-ring (bicyclic) bond motifs is 1. The number of aromatic nitrogens is 1. The molecule has 13 heteroatoms. The van der Waals surface area contributed by atoms with Crippen molar-refractivity contribution >= 4 is 17.4 Å². The van der Waals surface area contributed by atoms with Gasteiger partial charge in [-0.15, -0.1) is 0 Å². The van der Waals surface area contributed by atoms with Crippen molar-refractivity contribution < 1.29 is 40.6 Å². The van der Waals surface area contributed by atoms with Crippen LogP contribution in [0.4, 0.5) is 42.5 Å². The second kappa shape index (κ2) is 11.9. The van der Waals surface area contributed by atoms with E-state index in [-0.39, 0.29) is 29.5 Å². The van der Waals surface area contributed by atoms with Gasteiger partial charge < -0.3 is 19.7 Å². The first-order valence-electron chi connectivity index (χ1n) is 12.6. The normalized spacial score (nSPS) is 14.1. The van der Waals surface area contributed by atoms with Gasteiger partial charge in [0.1, 0.15) is 11.9 Å². The van der Waals surface area contributed by atoms with Crippen LogP contribution in [0.5, 0.6) is 11.6 Å². The highest BCUT2D eigenvalue weighted by Crippen LogP contribution is 2.42. The van der Waals surface area contributed by atoms with E-state index in [1.54, 1.807) is 0 Å². The zero-order valence-electron chi connectivity index (χ0n) is 22.4. The first-order valence-corrected chi connectivity index (χ1v) is 12.6. The molecule has 0 spiro atoms. The second-order valence-electron chi connectivity index (χ2n) is 9.71. The van der Waals surface area contributed by atoms with Gasteiger partial charge in [0.05, 0.1) is 30.1 Å². The number of urea groups is 1. The molecule has 0 bridgehead atoms. The predicted molar refractivity (Wildman–Crippen MR) is 140 cm³/mol. The molecule has 220 valence electrons. The average molecular weight is 583 g/mol. The number of rotatable bonds is 8. The number of benzene rings is 2. The standard InChI is InChI=1S/C28H28F6N4O3/c1-37(2)12-11-23(17-4-6-19(7-5-17)27(29,30)31)41-25-9-8-20(16-35-25)36-26(39)38-13-10-18-14-24(40-3)21(15-22(18)38)28(32,33)34/h4-9,14-16,23H,10-13H2,1-3H3,(H,36,39). The summed E-state index contributed by atoms with van der Waals surface area (Å²) < 4.78 is 90.3. The van der Waals surface area contributed by atoms with Crippen LogP contribution in [0, 0.1) is 0 Å². The van der Waals surface area contributed by atoms with Crippen LogP contribution >= 0.6 is 0 Å². The van der Waals surface area contributed by atoms with E-state index in [2.05, 4.69) is 10.3 Å². The quantitative estimate of drug-likeness (QED) is 0.296. The fraction of sp³-hybridized carbons (Fsp3) is 0.357. The van der Waals surface area contributed by atoms with Crippen LogP contribution in [-0.4, -0.2) is 50.2 Å². The van der Waals surface area contributed by atoms with Gasteiger partial charge >= 0.3 is 18.4 Å². The molecular weight excluding hydrogens is 554 g/mol. The smallest absolute Gasteiger partial charge is 0.420 e. The highest BCUT2D eigenvalue weighted by molar-refractivity contribution is 6.03. The molecule has 41 heavy (non-hydrogen) atoms. The second-order valence-corrected chi connectivity index (χ2v) is 9.71. The number of pyridine rings is 1. The van der Waals surface area contributed by atoms with Crippen LogP contribution in [0.2, 0.25) is 0 Å². The summed E-state index contributed by atoms with van der Waals surface area (Å²) in [6.07, 6.45) is -7.54. The van der Waals surface area contributed by atoms with E-state index in [0.29, 0.717) is 30.5 Å². The molecule has 1 atom stereocenters. The summed E-state index contributed by atoms with van der Waals surface area (Å²) in [5, 5.41) is 2.63. The van der Waals surface area contributed by atoms with Gasteiger partial charge in [-0.2, -0.15) is 26.3 Å². The largest absolute Gasteiger partial charge is 0.496 e. The Balaban J connectivity index is 1.47. The molecule has 1 N–H and O–H groups in total. The molecule has 2 aromatic carbocycles. The Morgan fingerprint density at radius 1 is 1.05 bits per heavy atom. The number of carbonyl (C=O) groups excluding carboxylic acids is 1. The molecule has 3 aromatic rings. The summed E-state index contributed by atoms with van der Waals surface area (Å²) in [6, 6.07) is 9.31. The van der Waals surface area contributed by atoms with E-state index in [9.17, 15) is 31.1 Å². The molecule has 0 fully saturated rings. The van der Waals surface area contributed by atoms with Crippen molar-refractivity contribution in [1.82, 2.24) is 9.88 Å². The molecule has 2 amide bonds. The molecule has 4 rings (SSSR count). The zero-order valence-corrected chi connectivity index (χ0v) is 22.4. The van der Waals surface area contributed by atoms with E-state index < -0.39 is 35.6 Å². The average Bonchev–Trinajstić information content (AvgIpc) is 3.33. The van der Waals surface area contributed by atoms with E-state index in [1.165, 1.54) is 41.4 Å². The van der Waals surface area contributed by atoms with Gasteiger partial charge in [-0.1, -0.05) is 12.1 Å². The van der Waals surface area contributed by atoms with Crippen LogP contribution in [0.25, 0.3) is 0 Å². The number of anilines is 2. The third kappa shape index (κ3) is 7.20. The van der Waals surface area contributed by atoms with Crippen molar-refractivity contribution in [2.75, 3.05) is 44.5 Å². The molecule has 0 aliphatic carbocycles. The summed E-state index contributed by atoms with van der Waals surface area (Å²) >= 11 is 0. The third-order valence-electron chi connectivity index (χ3n) is 6.55. The molecule has 1 unspecified atom stereocenters. The number of halogens is 6. The van der Waals surface area contributed by atoms with E-state index in [0.717, 1.165) is 25.3 Å². The summed E-state index contributed by atoms with van der Waals surface area (Å²) in [6.45, 7) is 0.778. The van der Waals surface area contributed by atoms with Crippen molar-refractivity contribution in [3.8, 4) is 11.6 Å². The predicted octanol–water partition coefficient (Wildman–Crippen LogP) is 6.79. The summed E-state index contributed by atoms with van der Waals surface area (Å²) in [5.41, 5.74) is -0.220. The molecular formula is C28H28F6N4O3. The maximum absolute atomic E-state index is 13.5. The number of alkyl halides is 6. The van der Waals surface area contributed by atoms with Crippen LogP contribution in [0.3, 0.4) is 0 Å². The Hall–Kier alpha value is -4.00. The Morgan fingerprint density at radius 3 is 2.32 bits per heavy atom. The van der Waals surface area contributed by atoms with Crippen molar-refractivity contribution in [3.63, 3.8) is 0 Å². The molecule has 7 nitrogen and oxygen atoms in total. The zero-order chi connectivity index (χ0) is 29.9. The lowest BCUT2D eigenvalue weighted by molar-refractivity contribution is -0.139. The van der Waals surface area contributed by atoms with Crippen molar-refractivity contribution in [1.29, 1.82) is 0 Å². The van der Waals surface area contributed by atoms with E-state index >= 15 is 0 Å². The maximum atomic E-state index is 13.5. The first kappa shape index (κ1) is 30.0. The Morgan fingerprint density at radius 2 is 1.76 bits per heavy atom. The Labute approximate surface area is 232 Å². The summed E-state index contributed by atoms with van der Waals surface area (Å²) in [7, 11) is 4.88. The van der Waals surface area contributed by atoms with Gasteiger partial charge in [-0.05, 0) is 62.0 Å². The third-order valence-corrected chi connectivity index (χ3v) is 6.55. The minimum Gasteiger partial charge on any atom is -0.496 e. The van der Waals surface area contributed by atoms with Gasteiger partial charge in [0.25, 0.3) is 0 Å². The van der Waals surface area contributed by atoms with Gasteiger partial charge in [0, 0.05) is 31.3 Å². The Kier molecular flexibility index (Phi) is 8.66. The maximum Gasteiger partial charge on any atom is 0.420 e. The lowest BCUT2D eigenvalue weighted by atomic mass is 10.0. The van der Waals surface area contributed by atoms with Gasteiger partial charge in [-0.25, -0.2) is 9.78 Å². The topological polar surface area (TPSA) is 66.9 Å². The summed E-state index contributed by atoms with van der Waals surface area (Å²) in [4.78, 5) is 20.3. The highest BCUT2D eigenvalue weighted by Gasteiger charge is 2.37. The number of methoxy groups -OCH3 is 1. The van der Waals surface area contributed by atoms with Crippen molar-refractivity contribution in [2.24, 2.45) is 0 Å². The van der Waals surface area contributed by atoms with Gasteiger partial charge in [0.2, 0.25) is 5.88 Å². The van der Waals surface area contributed by atoms with Gasteiger partial charge in [-0.3, -0.25) is 4.90 Å². The number of carbonyl (C=O) groups is 1. The molecule has 2 heterocycles. The number of amides is 2. The Bertz CT molecular complexity index is 1360. The lowest BCUT2D eigenvalue weighted by Crippen LogP contribution is -2.33. The molecule has 0 saturated heterocycles. The highest BCUT2D eigenvalue weighted by atomic mass is 19.4. The van der Waals surface area contributed by atoms with Crippen molar-refractivity contribution in [3.05, 3.63) is 77.0 Å².